The third-order valence-corrected chi connectivity index (χ3v) is 8.68. The second-order valence-electron chi connectivity index (χ2n) is 10.8. The molecule has 3 aromatic carbocycles. The fourth-order valence-corrected chi connectivity index (χ4v) is 6.05. The molecule has 0 radical (unpaired) electrons. The van der Waals surface area contributed by atoms with Crippen LogP contribution < -0.4 is 5.32 Å². The van der Waals surface area contributed by atoms with Crippen molar-refractivity contribution >= 4 is 23.6 Å². The summed E-state index contributed by atoms with van der Waals surface area (Å²) in [5.74, 6) is -0.344. The maximum absolute atomic E-state index is 12.1. The van der Waals surface area contributed by atoms with Gasteiger partial charge in [0.1, 0.15) is 0 Å². The maximum Gasteiger partial charge on any atom is 0.303 e. The number of nitrogens with zero attached hydrogens (tertiary/aromatic N) is 2. The Bertz CT molecular complexity index is 1560. The number of aliphatic carboxylic acids is 1. The average molecular weight is 616 g/mol. The number of thioether (sulfide) groups is 1. The van der Waals surface area contributed by atoms with E-state index in [0.29, 0.717) is 19.4 Å². The van der Waals surface area contributed by atoms with E-state index in [0.717, 1.165) is 44.3 Å². The Kier molecular flexibility index (Phi) is 10.8. The molecule has 1 aliphatic heterocycles. The Balaban J connectivity index is 1.31. The van der Waals surface area contributed by atoms with Crippen LogP contribution in [0.1, 0.15) is 60.3 Å². The first kappa shape index (κ1) is 31.5. The van der Waals surface area contributed by atoms with E-state index in [4.69, 9.17) is 14.6 Å². The van der Waals surface area contributed by atoms with Crippen LogP contribution in [0.5, 0.6) is 0 Å². The lowest BCUT2D eigenvalue weighted by molar-refractivity contribution is -0.245. The molecule has 1 fully saturated rings. The van der Waals surface area contributed by atoms with Gasteiger partial charge in [0.25, 0.3) is 0 Å². The van der Waals surface area contributed by atoms with Crippen LogP contribution in [0.3, 0.4) is 0 Å². The zero-order valence-corrected chi connectivity index (χ0v) is 25.4. The number of hydrogen-bond donors (Lipinski definition) is 3. The fraction of sp³-hybridized carbons (Fsp3) is 0.324. The van der Waals surface area contributed by atoms with Crippen molar-refractivity contribution in [2.75, 3.05) is 5.75 Å². The van der Waals surface area contributed by atoms with Crippen molar-refractivity contribution in [1.82, 2.24) is 14.9 Å². The summed E-state index contributed by atoms with van der Waals surface area (Å²) in [6.07, 6.45) is 4.05. The van der Waals surface area contributed by atoms with Gasteiger partial charge < -0.3 is 29.6 Å². The second kappa shape index (κ2) is 15.2. The van der Waals surface area contributed by atoms with Crippen molar-refractivity contribution in [3.8, 4) is 11.1 Å². The van der Waals surface area contributed by atoms with Crippen LogP contribution in [0.25, 0.3) is 11.1 Å². The van der Waals surface area contributed by atoms with Crippen molar-refractivity contribution in [3.05, 3.63) is 107 Å². The Labute approximate surface area is 261 Å². The van der Waals surface area contributed by atoms with Gasteiger partial charge in [0.2, 0.25) is 5.91 Å². The molecule has 1 aliphatic rings. The quantitative estimate of drug-likeness (QED) is 0.162. The number of amides is 1. The van der Waals surface area contributed by atoms with Gasteiger partial charge in [0, 0.05) is 56.6 Å². The normalized spacial score (nSPS) is 18.2. The van der Waals surface area contributed by atoms with Gasteiger partial charge >= 0.3 is 5.97 Å². The zero-order valence-electron chi connectivity index (χ0n) is 24.6. The molecule has 1 amide bonds. The summed E-state index contributed by atoms with van der Waals surface area (Å²) in [4.78, 5) is 27.3. The van der Waals surface area contributed by atoms with E-state index in [1.165, 1.54) is 0 Å². The highest BCUT2D eigenvalue weighted by molar-refractivity contribution is 7.99. The Morgan fingerprint density at radius 3 is 2.48 bits per heavy atom. The molecule has 1 saturated heterocycles. The number of benzene rings is 3. The van der Waals surface area contributed by atoms with E-state index >= 15 is 0 Å². The minimum Gasteiger partial charge on any atom is -0.481 e. The largest absolute Gasteiger partial charge is 0.481 e. The number of aryl methyl sites for hydroxylation is 1. The Morgan fingerprint density at radius 2 is 1.75 bits per heavy atom. The predicted molar refractivity (Wildman–Crippen MR) is 168 cm³/mol. The first-order chi connectivity index (χ1) is 21.4. The number of hydrogen-bond acceptors (Lipinski definition) is 7. The zero-order chi connectivity index (χ0) is 30.9. The highest BCUT2D eigenvalue weighted by Crippen LogP contribution is 2.40. The minimum atomic E-state index is -0.900. The van der Waals surface area contributed by atoms with E-state index < -0.39 is 12.3 Å². The molecule has 44 heavy (non-hydrogen) atoms. The van der Waals surface area contributed by atoms with Gasteiger partial charge in [-0.25, -0.2) is 4.98 Å². The van der Waals surface area contributed by atoms with E-state index in [2.05, 4.69) is 16.4 Å². The molecular formula is C34H37N3O6S. The number of aromatic nitrogens is 2. The molecule has 0 aliphatic carbocycles. The Hall–Kier alpha value is -3.96. The van der Waals surface area contributed by atoms with Crippen molar-refractivity contribution in [2.45, 2.75) is 62.5 Å². The third-order valence-electron chi connectivity index (χ3n) is 7.49. The van der Waals surface area contributed by atoms with Gasteiger partial charge in [-0.15, -0.1) is 0 Å². The fourth-order valence-electron chi connectivity index (χ4n) is 5.10. The van der Waals surface area contributed by atoms with Gasteiger partial charge in [-0.2, -0.15) is 0 Å². The van der Waals surface area contributed by atoms with Gasteiger partial charge in [0.15, 0.2) is 11.4 Å². The van der Waals surface area contributed by atoms with Crippen molar-refractivity contribution in [1.29, 1.82) is 0 Å². The standard InChI is InChI=1S/C34H37N3O6S/c1-37-16-15-35-34(37)44-22-29-19-30(25-13-11-23(21-38)12-14-25)43-33(42-29)28-8-3-7-27(18-28)26-6-2-5-24(17-26)20-36-31(39)9-4-10-32(40)41/h2-3,5-8,11-18,29-30,33,38H,4,9-10,19-22H2,1H3,(H,36,39)(H,40,41)/t29-,30+,33+/m1/s1. The van der Waals surface area contributed by atoms with Crippen LogP contribution in [0.2, 0.25) is 0 Å². The van der Waals surface area contributed by atoms with E-state index in [1.807, 2.05) is 84.5 Å². The van der Waals surface area contributed by atoms with Crippen LogP contribution in [0.4, 0.5) is 0 Å². The summed E-state index contributed by atoms with van der Waals surface area (Å²) in [5.41, 5.74) is 5.74. The second-order valence-corrected chi connectivity index (χ2v) is 11.8. The number of rotatable bonds is 13. The number of aliphatic hydroxyl groups is 1. The van der Waals surface area contributed by atoms with Crippen LogP contribution in [0.15, 0.2) is 90.3 Å². The topological polar surface area (TPSA) is 123 Å². The lowest BCUT2D eigenvalue weighted by atomic mass is 9.99. The number of nitrogens with one attached hydrogen (secondary N) is 1. The summed E-state index contributed by atoms with van der Waals surface area (Å²) in [6, 6.07) is 24.0. The molecule has 3 atom stereocenters. The monoisotopic (exact) mass is 615 g/mol. The predicted octanol–water partition coefficient (Wildman–Crippen LogP) is 5.79. The molecule has 10 heteroatoms. The van der Waals surface area contributed by atoms with Gasteiger partial charge in [0.05, 0.1) is 18.8 Å². The van der Waals surface area contributed by atoms with E-state index in [9.17, 15) is 14.7 Å². The number of ether oxygens (including phenoxy) is 2. The summed E-state index contributed by atoms with van der Waals surface area (Å²) >= 11 is 1.66. The van der Waals surface area contributed by atoms with Gasteiger partial charge in [-0.3, -0.25) is 9.59 Å². The molecule has 2 heterocycles. The van der Waals surface area contributed by atoms with Crippen LogP contribution in [0, 0.1) is 0 Å². The molecular weight excluding hydrogens is 578 g/mol. The average Bonchev–Trinajstić information content (AvgIpc) is 3.47. The van der Waals surface area contributed by atoms with Crippen molar-refractivity contribution < 1.29 is 29.3 Å². The van der Waals surface area contributed by atoms with Crippen molar-refractivity contribution in [3.63, 3.8) is 0 Å². The highest BCUT2D eigenvalue weighted by atomic mass is 32.2. The SMILES string of the molecule is Cn1ccnc1SC[C@H]1C[C@@H](c2ccc(CO)cc2)O[C@@H](c2cccc(-c3cccc(CNC(=O)CCCC(=O)O)c3)c2)O1. The lowest BCUT2D eigenvalue weighted by Gasteiger charge is -2.36. The van der Waals surface area contributed by atoms with Crippen LogP contribution in [-0.2, 0) is 39.3 Å². The number of aliphatic hydroxyl groups excluding tert-OH is 1. The Morgan fingerprint density at radius 1 is 0.977 bits per heavy atom. The molecule has 230 valence electrons. The van der Waals surface area contributed by atoms with Crippen LogP contribution >= 0.6 is 11.8 Å². The smallest absolute Gasteiger partial charge is 0.303 e. The minimum absolute atomic E-state index is 0.00632. The summed E-state index contributed by atoms with van der Waals surface area (Å²) in [5, 5.41) is 22.1. The molecule has 0 spiro atoms. The van der Waals surface area contributed by atoms with Crippen molar-refractivity contribution in [2.24, 2.45) is 7.05 Å². The van der Waals surface area contributed by atoms with Gasteiger partial charge in [-0.05, 0) is 46.4 Å². The summed E-state index contributed by atoms with van der Waals surface area (Å²) < 4.78 is 15.1. The molecule has 1 aromatic heterocycles. The highest BCUT2D eigenvalue weighted by Gasteiger charge is 2.32. The number of carbonyl (C=O) groups excluding carboxylic acids is 1. The van der Waals surface area contributed by atoms with Gasteiger partial charge in [-0.1, -0.05) is 72.4 Å². The molecule has 0 saturated carbocycles. The molecule has 5 rings (SSSR count). The van der Waals surface area contributed by atoms with E-state index in [-0.39, 0.29) is 37.6 Å². The summed E-state index contributed by atoms with van der Waals surface area (Å²) in [6.45, 7) is 0.355. The molecule has 9 nitrogen and oxygen atoms in total. The maximum atomic E-state index is 12.1. The first-order valence-electron chi connectivity index (χ1n) is 14.7. The molecule has 0 unspecified atom stereocenters. The first-order valence-corrected chi connectivity index (χ1v) is 15.6. The molecule has 3 N–H and O–H groups in total. The molecule has 0 bridgehead atoms. The molecule has 4 aromatic rings. The van der Waals surface area contributed by atoms with E-state index in [1.54, 1.807) is 18.0 Å². The number of carboxylic acids is 1. The lowest BCUT2D eigenvalue weighted by Crippen LogP contribution is -2.31. The summed E-state index contributed by atoms with van der Waals surface area (Å²) in [7, 11) is 1.98. The number of carboxylic acid groups (broad SMARTS) is 1. The number of imidazole rings is 1. The number of carbonyl (C=O) groups is 2. The third kappa shape index (κ3) is 8.57. The van der Waals surface area contributed by atoms with Crippen LogP contribution in [-0.4, -0.2) is 43.5 Å².